The van der Waals surface area contributed by atoms with Crippen molar-refractivity contribution in [2.45, 2.75) is 44.7 Å². The second-order valence-electron chi connectivity index (χ2n) is 4.69. The molecular weight excluding hydrogens is 283 g/mol. The van der Waals surface area contributed by atoms with Gasteiger partial charge in [0.15, 0.2) is 0 Å². The first-order chi connectivity index (χ1) is 8.57. The lowest BCUT2D eigenvalue weighted by Crippen LogP contribution is -2.23. The minimum atomic E-state index is -2.14. The standard InChI is InChI=1S/C14H22Cl2OSi/c1-3-4-5-6-10-18(15,16)12-13-8-7-9-14(11-13)17-2/h7-9,11H,3-6,10,12H2,1-2H3. The third-order valence-corrected chi connectivity index (χ3v) is 6.94. The van der Waals surface area contributed by atoms with Crippen LogP contribution in [-0.4, -0.2) is 13.8 Å². The van der Waals surface area contributed by atoms with E-state index >= 15 is 0 Å². The quantitative estimate of drug-likeness (QED) is 0.361. The topological polar surface area (TPSA) is 9.23 Å². The van der Waals surface area contributed by atoms with Crippen LogP contribution in [0.3, 0.4) is 0 Å². The highest BCUT2D eigenvalue weighted by Gasteiger charge is 2.28. The predicted octanol–water partition coefficient (Wildman–Crippen LogP) is 5.28. The maximum Gasteiger partial charge on any atom is 0.255 e. The minimum Gasteiger partial charge on any atom is -0.497 e. The monoisotopic (exact) mass is 304 g/mol. The number of halogens is 2. The van der Waals surface area contributed by atoms with Gasteiger partial charge in [-0.05, 0) is 29.8 Å². The van der Waals surface area contributed by atoms with Gasteiger partial charge in [-0.3, -0.25) is 0 Å². The lowest BCUT2D eigenvalue weighted by Gasteiger charge is -2.17. The third kappa shape index (κ3) is 6.12. The molecule has 0 aliphatic heterocycles. The SMILES string of the molecule is CCCCCC[Si](Cl)(Cl)Cc1cccc(OC)c1. The van der Waals surface area contributed by atoms with Crippen LogP contribution in [-0.2, 0) is 6.04 Å². The molecule has 0 atom stereocenters. The Morgan fingerprint density at radius 1 is 1.17 bits per heavy atom. The summed E-state index contributed by atoms with van der Waals surface area (Å²) >= 11 is 13.0. The fourth-order valence-corrected chi connectivity index (χ4v) is 5.47. The third-order valence-electron chi connectivity index (χ3n) is 2.99. The largest absolute Gasteiger partial charge is 0.497 e. The zero-order valence-corrected chi connectivity index (χ0v) is 13.7. The molecular formula is C14H22Cl2OSi. The van der Waals surface area contributed by atoms with Crippen molar-refractivity contribution >= 4 is 28.9 Å². The highest BCUT2D eigenvalue weighted by Crippen LogP contribution is 2.29. The first-order valence-corrected chi connectivity index (χ1v) is 11.0. The van der Waals surface area contributed by atoms with Crippen molar-refractivity contribution in [3.63, 3.8) is 0 Å². The van der Waals surface area contributed by atoms with E-state index < -0.39 is 6.69 Å². The summed E-state index contributed by atoms with van der Waals surface area (Å²) in [5.74, 6) is 0.872. The van der Waals surface area contributed by atoms with Crippen LogP contribution in [0.1, 0.15) is 38.2 Å². The van der Waals surface area contributed by atoms with E-state index in [1.54, 1.807) is 7.11 Å². The van der Waals surface area contributed by atoms with Gasteiger partial charge < -0.3 is 4.74 Å². The van der Waals surface area contributed by atoms with Crippen LogP contribution in [0.5, 0.6) is 5.75 Å². The summed E-state index contributed by atoms with van der Waals surface area (Å²) < 4.78 is 5.21. The van der Waals surface area contributed by atoms with E-state index in [0.717, 1.165) is 24.3 Å². The fourth-order valence-electron chi connectivity index (χ4n) is 1.98. The molecule has 0 bridgehead atoms. The van der Waals surface area contributed by atoms with Gasteiger partial charge in [-0.15, -0.1) is 22.2 Å². The van der Waals surface area contributed by atoms with Crippen molar-refractivity contribution in [2.75, 3.05) is 7.11 Å². The Kier molecular flexibility index (Phi) is 7.13. The Bertz CT molecular complexity index is 355. The summed E-state index contributed by atoms with van der Waals surface area (Å²) in [6.45, 7) is 0.0697. The van der Waals surface area contributed by atoms with Gasteiger partial charge in [-0.2, -0.15) is 0 Å². The number of methoxy groups -OCH3 is 1. The Labute approximate surface area is 121 Å². The van der Waals surface area contributed by atoms with E-state index in [0.29, 0.717) is 0 Å². The fraction of sp³-hybridized carbons (Fsp3) is 0.571. The maximum atomic E-state index is 6.51. The van der Waals surface area contributed by atoms with Gasteiger partial charge in [0.25, 0.3) is 6.69 Å². The van der Waals surface area contributed by atoms with E-state index in [1.807, 2.05) is 18.2 Å². The molecule has 102 valence electrons. The summed E-state index contributed by atoms with van der Waals surface area (Å²) in [5.41, 5.74) is 1.18. The van der Waals surface area contributed by atoms with E-state index in [9.17, 15) is 0 Å². The first-order valence-electron chi connectivity index (χ1n) is 6.58. The molecule has 1 nitrogen and oxygen atoms in total. The number of hydrogen-bond donors (Lipinski definition) is 0. The molecule has 18 heavy (non-hydrogen) atoms. The molecule has 0 saturated heterocycles. The van der Waals surface area contributed by atoms with Crippen molar-refractivity contribution in [3.8, 4) is 5.75 Å². The first kappa shape index (κ1) is 15.9. The van der Waals surface area contributed by atoms with Crippen molar-refractivity contribution in [1.82, 2.24) is 0 Å². The van der Waals surface area contributed by atoms with E-state index in [4.69, 9.17) is 26.9 Å². The Balaban J connectivity index is 2.47. The molecule has 0 aliphatic carbocycles. The highest BCUT2D eigenvalue weighted by molar-refractivity contribution is 7.45. The zero-order chi connectivity index (χ0) is 13.4. The average Bonchev–Trinajstić information content (AvgIpc) is 2.34. The maximum absolute atomic E-state index is 6.51. The molecule has 0 unspecified atom stereocenters. The molecule has 0 aromatic heterocycles. The van der Waals surface area contributed by atoms with Gasteiger partial charge in [0.2, 0.25) is 0 Å². The summed E-state index contributed by atoms with van der Waals surface area (Å²) in [5, 5.41) is 0. The highest BCUT2D eigenvalue weighted by atomic mass is 35.7. The summed E-state index contributed by atoms with van der Waals surface area (Å²) in [6.07, 6.45) is 4.91. The lowest BCUT2D eigenvalue weighted by atomic mass is 10.2. The molecule has 0 amide bonds. The van der Waals surface area contributed by atoms with Crippen LogP contribution in [0.15, 0.2) is 24.3 Å². The molecule has 4 heteroatoms. The Morgan fingerprint density at radius 2 is 1.94 bits per heavy atom. The Hall–Kier alpha value is -0.183. The predicted molar refractivity (Wildman–Crippen MR) is 83.1 cm³/mol. The van der Waals surface area contributed by atoms with Crippen LogP contribution in [0.25, 0.3) is 0 Å². The second kappa shape index (κ2) is 8.08. The molecule has 0 spiro atoms. The molecule has 0 aliphatic rings. The van der Waals surface area contributed by atoms with Crippen LogP contribution >= 0.6 is 22.2 Å². The molecule has 1 rings (SSSR count). The summed E-state index contributed by atoms with van der Waals surface area (Å²) in [4.78, 5) is 0. The second-order valence-corrected chi connectivity index (χ2v) is 12.2. The van der Waals surface area contributed by atoms with Gasteiger partial charge in [0.1, 0.15) is 5.75 Å². The molecule has 0 heterocycles. The number of ether oxygens (including phenoxy) is 1. The summed E-state index contributed by atoms with van der Waals surface area (Å²) in [6, 6.07) is 9.81. The van der Waals surface area contributed by atoms with Crippen LogP contribution in [0, 0.1) is 0 Å². The number of hydrogen-bond acceptors (Lipinski definition) is 1. The van der Waals surface area contributed by atoms with Crippen molar-refractivity contribution in [3.05, 3.63) is 29.8 Å². The van der Waals surface area contributed by atoms with E-state index in [1.165, 1.54) is 24.8 Å². The van der Waals surface area contributed by atoms with Crippen molar-refractivity contribution < 1.29 is 4.74 Å². The van der Waals surface area contributed by atoms with Crippen molar-refractivity contribution in [1.29, 1.82) is 0 Å². The molecule has 1 aromatic rings. The molecule has 0 saturated carbocycles. The molecule has 1 aromatic carbocycles. The van der Waals surface area contributed by atoms with E-state index in [-0.39, 0.29) is 0 Å². The number of benzene rings is 1. The van der Waals surface area contributed by atoms with Crippen LogP contribution in [0.4, 0.5) is 0 Å². The van der Waals surface area contributed by atoms with Gasteiger partial charge >= 0.3 is 0 Å². The minimum absolute atomic E-state index is 0.805. The smallest absolute Gasteiger partial charge is 0.255 e. The summed E-state index contributed by atoms with van der Waals surface area (Å²) in [7, 11) is 1.68. The van der Waals surface area contributed by atoms with Gasteiger partial charge in [0.05, 0.1) is 7.11 Å². The van der Waals surface area contributed by atoms with Crippen LogP contribution < -0.4 is 4.74 Å². The normalized spacial score (nSPS) is 11.6. The number of unbranched alkanes of at least 4 members (excludes halogenated alkanes) is 3. The van der Waals surface area contributed by atoms with Crippen LogP contribution in [0.2, 0.25) is 6.04 Å². The Morgan fingerprint density at radius 3 is 2.61 bits per heavy atom. The average molecular weight is 305 g/mol. The van der Waals surface area contributed by atoms with Gasteiger partial charge in [-0.25, -0.2) is 0 Å². The molecule has 0 radical (unpaired) electrons. The number of rotatable bonds is 8. The molecule has 0 fully saturated rings. The van der Waals surface area contributed by atoms with Crippen molar-refractivity contribution in [2.24, 2.45) is 0 Å². The lowest BCUT2D eigenvalue weighted by molar-refractivity contribution is 0.414. The molecule has 0 N–H and O–H groups in total. The van der Waals surface area contributed by atoms with Gasteiger partial charge in [0, 0.05) is 0 Å². The van der Waals surface area contributed by atoms with E-state index in [2.05, 4.69) is 13.0 Å². The zero-order valence-electron chi connectivity index (χ0n) is 11.2. The van der Waals surface area contributed by atoms with Gasteiger partial charge in [-0.1, -0.05) is 44.7 Å².